The van der Waals surface area contributed by atoms with Crippen LogP contribution in [0.5, 0.6) is 0 Å². The van der Waals surface area contributed by atoms with Gasteiger partial charge in [-0.3, -0.25) is 24.5 Å². The molecule has 2 amide bonds. The van der Waals surface area contributed by atoms with Gasteiger partial charge in [0.15, 0.2) is 0 Å². The van der Waals surface area contributed by atoms with Crippen LogP contribution in [0, 0.1) is 15.9 Å². The SMILES string of the molecule is CCOC(=O)C[C@H](c1ccc([N+](=O)[O-])cc1)[C@H](NC(=O)[C@@H](Cc1ccc(F)cc1)NC(C)=O)C(=O)O. The fourth-order valence-electron chi connectivity index (χ4n) is 3.57. The van der Waals surface area contributed by atoms with Gasteiger partial charge in [-0.25, -0.2) is 9.18 Å². The van der Waals surface area contributed by atoms with E-state index in [2.05, 4.69) is 10.6 Å². The lowest BCUT2D eigenvalue weighted by Crippen LogP contribution is -2.54. The first-order valence-corrected chi connectivity index (χ1v) is 11.0. The monoisotopic (exact) mass is 503 g/mol. The number of carbonyl (C=O) groups excluding carboxylic acids is 3. The van der Waals surface area contributed by atoms with E-state index >= 15 is 0 Å². The van der Waals surface area contributed by atoms with E-state index in [-0.39, 0.29) is 24.3 Å². The summed E-state index contributed by atoms with van der Waals surface area (Å²) >= 11 is 0. The number of carboxylic acid groups (broad SMARTS) is 1. The standard InChI is InChI=1S/C24H26FN3O8/c1-3-36-21(30)13-19(16-6-10-18(11-7-16)28(34)35)22(24(32)33)27-23(31)20(26-14(2)29)12-15-4-8-17(25)9-5-15/h4-11,19-20,22H,3,12-13H2,1-2H3,(H,26,29)(H,27,31)(H,32,33)/t19-,20-,22+/m1/s1. The molecule has 3 N–H and O–H groups in total. The Morgan fingerprint density at radius 3 is 2.17 bits per heavy atom. The summed E-state index contributed by atoms with van der Waals surface area (Å²) in [7, 11) is 0. The normalized spacial score (nSPS) is 13.1. The van der Waals surface area contributed by atoms with Gasteiger partial charge >= 0.3 is 11.9 Å². The minimum Gasteiger partial charge on any atom is -0.480 e. The Balaban J connectivity index is 2.37. The van der Waals surface area contributed by atoms with Crippen LogP contribution in [-0.2, 0) is 30.3 Å². The quantitative estimate of drug-likeness (QED) is 0.225. The maximum Gasteiger partial charge on any atom is 0.326 e. The number of esters is 1. The molecule has 0 saturated carbocycles. The maximum absolute atomic E-state index is 13.2. The summed E-state index contributed by atoms with van der Waals surface area (Å²) in [6, 6.07) is 7.28. The van der Waals surface area contributed by atoms with Crippen LogP contribution in [0.3, 0.4) is 0 Å². The number of ether oxygens (including phenoxy) is 1. The summed E-state index contributed by atoms with van der Waals surface area (Å²) in [6.07, 6.45) is -0.496. The van der Waals surface area contributed by atoms with Gasteiger partial charge in [-0.1, -0.05) is 24.3 Å². The highest BCUT2D eigenvalue weighted by Gasteiger charge is 2.35. The Bertz CT molecular complexity index is 1110. The predicted molar refractivity (Wildman–Crippen MR) is 124 cm³/mol. The molecule has 2 aromatic rings. The zero-order chi connectivity index (χ0) is 26.8. The smallest absolute Gasteiger partial charge is 0.326 e. The Morgan fingerprint density at radius 2 is 1.67 bits per heavy atom. The van der Waals surface area contributed by atoms with Crippen molar-refractivity contribution in [1.82, 2.24) is 10.6 Å². The summed E-state index contributed by atoms with van der Waals surface area (Å²) in [6.45, 7) is 2.79. The van der Waals surface area contributed by atoms with E-state index < -0.39 is 58.9 Å². The Morgan fingerprint density at radius 1 is 1.06 bits per heavy atom. The number of halogens is 1. The van der Waals surface area contributed by atoms with Gasteiger partial charge in [-0.05, 0) is 30.2 Å². The summed E-state index contributed by atoms with van der Waals surface area (Å²) in [4.78, 5) is 59.6. The van der Waals surface area contributed by atoms with E-state index in [4.69, 9.17) is 4.74 Å². The number of nitrogens with zero attached hydrogens (tertiary/aromatic N) is 1. The lowest BCUT2D eigenvalue weighted by molar-refractivity contribution is -0.384. The van der Waals surface area contributed by atoms with Crippen molar-refractivity contribution in [3.05, 3.63) is 75.6 Å². The number of carbonyl (C=O) groups is 4. The molecule has 0 bridgehead atoms. The number of aliphatic carboxylic acids is 1. The summed E-state index contributed by atoms with van der Waals surface area (Å²) in [5.74, 6) is -5.24. The number of nitro groups is 1. The number of nitrogens with one attached hydrogen (secondary N) is 2. The van der Waals surface area contributed by atoms with Gasteiger partial charge in [0.05, 0.1) is 18.0 Å². The van der Waals surface area contributed by atoms with E-state index in [0.29, 0.717) is 5.56 Å². The fourth-order valence-corrected chi connectivity index (χ4v) is 3.57. The van der Waals surface area contributed by atoms with Crippen molar-refractivity contribution in [2.45, 2.75) is 44.7 Å². The van der Waals surface area contributed by atoms with Crippen LogP contribution in [-0.4, -0.2) is 52.5 Å². The first kappa shape index (κ1) is 27.9. The molecule has 2 aromatic carbocycles. The molecule has 3 atom stereocenters. The molecule has 0 aliphatic heterocycles. The second-order valence-electron chi connectivity index (χ2n) is 7.87. The Hall–Kier alpha value is -4.35. The molecular formula is C24H26FN3O8. The number of carboxylic acids is 1. The number of nitro benzene ring substituents is 1. The van der Waals surface area contributed by atoms with Gasteiger partial charge < -0.3 is 20.5 Å². The number of non-ortho nitro benzene ring substituents is 1. The third kappa shape index (κ3) is 8.15. The van der Waals surface area contributed by atoms with Gasteiger partial charge in [0.1, 0.15) is 17.9 Å². The van der Waals surface area contributed by atoms with Gasteiger partial charge in [0.25, 0.3) is 5.69 Å². The molecule has 0 spiro atoms. The molecule has 0 aliphatic rings. The predicted octanol–water partition coefficient (Wildman–Crippen LogP) is 2.09. The second kappa shape index (κ2) is 12.9. The van der Waals surface area contributed by atoms with E-state index in [1.165, 1.54) is 43.3 Å². The molecule has 0 unspecified atom stereocenters. The molecule has 0 aromatic heterocycles. The highest BCUT2D eigenvalue weighted by atomic mass is 19.1. The van der Waals surface area contributed by atoms with Gasteiger partial charge in [-0.2, -0.15) is 0 Å². The van der Waals surface area contributed by atoms with E-state index in [1.807, 2.05) is 0 Å². The van der Waals surface area contributed by atoms with E-state index in [0.717, 1.165) is 12.1 Å². The topological polar surface area (TPSA) is 165 Å². The molecule has 12 heteroatoms. The van der Waals surface area contributed by atoms with Crippen molar-refractivity contribution in [2.75, 3.05) is 6.61 Å². The third-order valence-electron chi connectivity index (χ3n) is 5.24. The Kier molecular flexibility index (Phi) is 10.0. The van der Waals surface area contributed by atoms with Crippen molar-refractivity contribution >= 4 is 29.4 Å². The number of benzene rings is 2. The van der Waals surface area contributed by atoms with Crippen molar-refractivity contribution in [2.24, 2.45) is 0 Å². The van der Waals surface area contributed by atoms with Gasteiger partial charge in [0.2, 0.25) is 11.8 Å². The minimum absolute atomic E-state index is 0.0399. The molecule has 2 rings (SSSR count). The zero-order valence-corrected chi connectivity index (χ0v) is 19.6. The molecule has 0 aliphatic carbocycles. The Labute approximate surface area is 205 Å². The molecule has 0 radical (unpaired) electrons. The molecule has 11 nitrogen and oxygen atoms in total. The van der Waals surface area contributed by atoms with Crippen LogP contribution in [0.25, 0.3) is 0 Å². The van der Waals surface area contributed by atoms with Crippen LogP contribution < -0.4 is 10.6 Å². The maximum atomic E-state index is 13.2. The fraction of sp³-hybridized carbons (Fsp3) is 0.333. The van der Waals surface area contributed by atoms with E-state index in [1.54, 1.807) is 6.92 Å². The van der Waals surface area contributed by atoms with E-state index in [9.17, 15) is 38.8 Å². The van der Waals surface area contributed by atoms with Crippen LogP contribution in [0.4, 0.5) is 10.1 Å². The number of hydrogen-bond donors (Lipinski definition) is 3. The van der Waals surface area contributed by atoms with Crippen LogP contribution in [0.1, 0.15) is 37.3 Å². The molecule has 0 saturated heterocycles. The molecule has 0 heterocycles. The lowest BCUT2D eigenvalue weighted by atomic mass is 9.88. The highest BCUT2D eigenvalue weighted by Crippen LogP contribution is 2.27. The number of amides is 2. The van der Waals surface area contributed by atoms with Crippen LogP contribution >= 0.6 is 0 Å². The van der Waals surface area contributed by atoms with Gasteiger partial charge in [-0.15, -0.1) is 0 Å². The highest BCUT2D eigenvalue weighted by molar-refractivity contribution is 5.91. The second-order valence-corrected chi connectivity index (χ2v) is 7.87. The van der Waals surface area contributed by atoms with Crippen molar-refractivity contribution in [3.63, 3.8) is 0 Å². The average molecular weight is 503 g/mol. The third-order valence-corrected chi connectivity index (χ3v) is 5.24. The number of rotatable bonds is 12. The summed E-state index contributed by atoms with van der Waals surface area (Å²) in [5.41, 5.74) is 0.515. The first-order chi connectivity index (χ1) is 17.0. The molecule has 192 valence electrons. The van der Waals surface area contributed by atoms with Crippen molar-refractivity contribution in [1.29, 1.82) is 0 Å². The zero-order valence-electron chi connectivity index (χ0n) is 19.6. The largest absolute Gasteiger partial charge is 0.480 e. The number of hydrogen-bond acceptors (Lipinski definition) is 7. The molecule has 0 fully saturated rings. The van der Waals surface area contributed by atoms with Crippen LogP contribution in [0.15, 0.2) is 48.5 Å². The average Bonchev–Trinajstić information content (AvgIpc) is 2.82. The first-order valence-electron chi connectivity index (χ1n) is 11.0. The van der Waals surface area contributed by atoms with Crippen molar-refractivity contribution in [3.8, 4) is 0 Å². The summed E-state index contributed by atoms with van der Waals surface area (Å²) < 4.78 is 18.2. The van der Waals surface area contributed by atoms with Crippen molar-refractivity contribution < 1.29 is 38.3 Å². The molecule has 36 heavy (non-hydrogen) atoms. The van der Waals surface area contributed by atoms with Crippen LogP contribution in [0.2, 0.25) is 0 Å². The summed E-state index contributed by atoms with van der Waals surface area (Å²) in [5, 5.41) is 25.7. The minimum atomic E-state index is -1.65. The molecular weight excluding hydrogens is 477 g/mol. The lowest BCUT2D eigenvalue weighted by Gasteiger charge is -2.27. The van der Waals surface area contributed by atoms with Gasteiger partial charge in [0, 0.05) is 31.4 Å².